The van der Waals surface area contributed by atoms with Gasteiger partial charge in [0, 0.05) is 11.8 Å². The van der Waals surface area contributed by atoms with Crippen molar-refractivity contribution in [2.45, 2.75) is 44.1 Å². The summed E-state index contributed by atoms with van der Waals surface area (Å²) in [6, 6.07) is -0.161. The Bertz CT molecular complexity index is 223. The Morgan fingerprint density at radius 3 is 2.80 bits per heavy atom. The molecule has 4 nitrogen and oxygen atoms in total. The maximum Gasteiger partial charge on any atom is 0.321 e. The third-order valence-electron chi connectivity index (χ3n) is 2.77. The van der Waals surface area contributed by atoms with E-state index in [1.165, 1.54) is 0 Å². The minimum atomic E-state index is -0.752. The van der Waals surface area contributed by atoms with Gasteiger partial charge in [0.15, 0.2) is 0 Å². The molecule has 1 aliphatic heterocycles. The van der Waals surface area contributed by atoms with Crippen LogP contribution in [0.15, 0.2) is 0 Å². The number of aliphatic carboxylic acids is 1. The number of carboxylic acid groups (broad SMARTS) is 1. The topological polar surface area (TPSA) is 75.3 Å². The number of thioether (sulfide) groups is 1. The first-order valence-corrected chi connectivity index (χ1v) is 6.41. The van der Waals surface area contributed by atoms with Crippen LogP contribution < -0.4 is 11.1 Å². The van der Waals surface area contributed by atoms with Gasteiger partial charge in [-0.1, -0.05) is 13.8 Å². The standard InChI is InChI=1S/C10H20N2O2S/c1-6(2)7(11)3-4-9-12-8(5-15-9)10(13)14/h6-9,12H,3-5,11H2,1-2H3,(H,13,14). The van der Waals surface area contributed by atoms with Crippen molar-refractivity contribution in [3.8, 4) is 0 Å². The van der Waals surface area contributed by atoms with Crippen molar-refractivity contribution in [2.24, 2.45) is 11.7 Å². The monoisotopic (exact) mass is 232 g/mol. The van der Waals surface area contributed by atoms with Crippen molar-refractivity contribution >= 4 is 17.7 Å². The lowest BCUT2D eigenvalue weighted by atomic mass is 10.0. The minimum absolute atomic E-state index is 0.219. The summed E-state index contributed by atoms with van der Waals surface area (Å²) in [5.41, 5.74) is 5.94. The SMILES string of the molecule is CC(C)C(N)CCC1NC(C(=O)O)CS1. The molecule has 1 fully saturated rings. The Morgan fingerprint density at radius 1 is 1.67 bits per heavy atom. The van der Waals surface area contributed by atoms with E-state index in [2.05, 4.69) is 19.2 Å². The van der Waals surface area contributed by atoms with Crippen LogP contribution in [0.1, 0.15) is 26.7 Å². The average Bonchev–Trinajstić information content (AvgIpc) is 2.62. The van der Waals surface area contributed by atoms with Crippen molar-refractivity contribution in [2.75, 3.05) is 5.75 Å². The Balaban J connectivity index is 2.22. The maximum atomic E-state index is 10.7. The van der Waals surface area contributed by atoms with E-state index in [0.717, 1.165) is 12.8 Å². The molecule has 3 unspecified atom stereocenters. The molecule has 0 spiro atoms. The molecule has 1 saturated heterocycles. The highest BCUT2D eigenvalue weighted by Gasteiger charge is 2.29. The fourth-order valence-electron chi connectivity index (χ4n) is 1.52. The molecule has 15 heavy (non-hydrogen) atoms. The van der Waals surface area contributed by atoms with Crippen LogP contribution in [0.5, 0.6) is 0 Å². The molecule has 0 aromatic heterocycles. The van der Waals surface area contributed by atoms with Gasteiger partial charge in [0.25, 0.3) is 0 Å². The van der Waals surface area contributed by atoms with Gasteiger partial charge in [-0.15, -0.1) is 11.8 Å². The second-order valence-corrected chi connectivity index (χ2v) is 5.60. The molecular weight excluding hydrogens is 212 g/mol. The smallest absolute Gasteiger partial charge is 0.321 e. The summed E-state index contributed by atoms with van der Waals surface area (Å²) in [6.07, 6.45) is 1.91. The van der Waals surface area contributed by atoms with E-state index in [9.17, 15) is 4.79 Å². The molecule has 0 bridgehead atoms. The summed E-state index contributed by atoms with van der Waals surface area (Å²) >= 11 is 1.69. The molecule has 5 heteroatoms. The van der Waals surface area contributed by atoms with Crippen molar-refractivity contribution in [1.82, 2.24) is 5.32 Å². The maximum absolute atomic E-state index is 10.7. The van der Waals surface area contributed by atoms with Gasteiger partial charge in [0.1, 0.15) is 6.04 Å². The lowest BCUT2D eigenvalue weighted by Gasteiger charge is -2.17. The molecule has 0 radical (unpaired) electrons. The van der Waals surface area contributed by atoms with Crippen LogP contribution in [-0.2, 0) is 4.79 Å². The van der Waals surface area contributed by atoms with Crippen molar-refractivity contribution in [3.05, 3.63) is 0 Å². The molecule has 0 amide bonds. The highest BCUT2D eigenvalue weighted by molar-refractivity contribution is 8.00. The van der Waals surface area contributed by atoms with Gasteiger partial charge < -0.3 is 10.8 Å². The zero-order chi connectivity index (χ0) is 11.4. The lowest BCUT2D eigenvalue weighted by molar-refractivity contribution is -0.138. The van der Waals surface area contributed by atoms with E-state index in [4.69, 9.17) is 10.8 Å². The van der Waals surface area contributed by atoms with Crippen molar-refractivity contribution in [1.29, 1.82) is 0 Å². The third kappa shape index (κ3) is 4.01. The van der Waals surface area contributed by atoms with Crippen LogP contribution >= 0.6 is 11.8 Å². The van der Waals surface area contributed by atoms with Crippen LogP contribution in [0.3, 0.4) is 0 Å². The largest absolute Gasteiger partial charge is 0.480 e. The third-order valence-corrected chi connectivity index (χ3v) is 4.07. The molecular formula is C10H20N2O2S. The summed E-state index contributed by atoms with van der Waals surface area (Å²) in [7, 11) is 0. The molecule has 0 aromatic rings. The summed E-state index contributed by atoms with van der Waals surface area (Å²) in [6.45, 7) is 4.22. The van der Waals surface area contributed by atoms with Gasteiger partial charge in [-0.2, -0.15) is 0 Å². The van der Waals surface area contributed by atoms with Gasteiger partial charge in [-0.25, -0.2) is 0 Å². The predicted molar refractivity (Wildman–Crippen MR) is 62.9 cm³/mol. The van der Waals surface area contributed by atoms with Gasteiger partial charge in [0.05, 0.1) is 5.37 Å². The van der Waals surface area contributed by atoms with Gasteiger partial charge in [-0.05, 0) is 18.8 Å². The van der Waals surface area contributed by atoms with E-state index in [0.29, 0.717) is 11.7 Å². The number of nitrogens with one attached hydrogen (secondary N) is 1. The van der Waals surface area contributed by atoms with Crippen LogP contribution in [0.25, 0.3) is 0 Å². The molecule has 0 aliphatic carbocycles. The van der Waals surface area contributed by atoms with E-state index < -0.39 is 5.97 Å². The van der Waals surface area contributed by atoms with Crippen molar-refractivity contribution < 1.29 is 9.90 Å². The van der Waals surface area contributed by atoms with Crippen molar-refractivity contribution in [3.63, 3.8) is 0 Å². The molecule has 0 aromatic carbocycles. The first kappa shape index (κ1) is 12.8. The van der Waals surface area contributed by atoms with E-state index in [1.54, 1.807) is 11.8 Å². The second-order valence-electron chi connectivity index (χ2n) is 4.36. The van der Waals surface area contributed by atoms with Crippen LogP contribution in [0.2, 0.25) is 0 Å². The molecule has 0 saturated carbocycles. The zero-order valence-corrected chi connectivity index (χ0v) is 10.1. The highest BCUT2D eigenvalue weighted by atomic mass is 32.2. The van der Waals surface area contributed by atoms with Crippen LogP contribution in [0.4, 0.5) is 0 Å². The minimum Gasteiger partial charge on any atom is -0.480 e. The van der Waals surface area contributed by atoms with E-state index in [1.807, 2.05) is 0 Å². The lowest BCUT2D eigenvalue weighted by Crippen LogP contribution is -2.37. The average molecular weight is 232 g/mol. The Kier molecular flexibility index (Phi) is 4.89. The highest BCUT2D eigenvalue weighted by Crippen LogP contribution is 2.23. The molecule has 4 N–H and O–H groups in total. The molecule has 1 aliphatic rings. The molecule has 1 heterocycles. The molecule has 88 valence electrons. The molecule has 3 atom stereocenters. The van der Waals surface area contributed by atoms with Crippen LogP contribution in [-0.4, -0.2) is 34.3 Å². The Labute approximate surface area is 95.0 Å². The Morgan fingerprint density at radius 2 is 2.33 bits per heavy atom. The zero-order valence-electron chi connectivity index (χ0n) is 9.27. The second kappa shape index (κ2) is 5.72. The summed E-state index contributed by atoms with van der Waals surface area (Å²) in [5, 5.41) is 12.1. The first-order valence-electron chi connectivity index (χ1n) is 5.36. The number of nitrogens with two attached hydrogens (primary N) is 1. The Hall–Kier alpha value is -0.260. The summed E-state index contributed by atoms with van der Waals surface area (Å²) in [4.78, 5) is 10.7. The fourth-order valence-corrected chi connectivity index (χ4v) is 2.75. The van der Waals surface area contributed by atoms with Gasteiger partial charge in [0.2, 0.25) is 0 Å². The van der Waals surface area contributed by atoms with E-state index in [-0.39, 0.29) is 17.5 Å². The van der Waals surface area contributed by atoms with Gasteiger partial charge in [-0.3, -0.25) is 10.1 Å². The number of carbonyl (C=O) groups is 1. The van der Waals surface area contributed by atoms with Gasteiger partial charge >= 0.3 is 5.97 Å². The summed E-state index contributed by atoms with van der Waals surface area (Å²) in [5.74, 6) is 0.404. The summed E-state index contributed by atoms with van der Waals surface area (Å²) < 4.78 is 0. The normalized spacial score (nSPS) is 28.3. The number of hydrogen-bond donors (Lipinski definition) is 3. The number of rotatable bonds is 5. The predicted octanol–water partition coefficient (Wildman–Crippen LogP) is 0.866. The fraction of sp³-hybridized carbons (Fsp3) is 0.900. The number of hydrogen-bond acceptors (Lipinski definition) is 4. The number of carboxylic acids is 1. The first-order chi connectivity index (χ1) is 7.00. The quantitative estimate of drug-likeness (QED) is 0.655. The van der Waals surface area contributed by atoms with E-state index >= 15 is 0 Å². The molecule has 1 rings (SSSR count). The van der Waals surface area contributed by atoms with Crippen LogP contribution in [0, 0.1) is 5.92 Å².